The predicted molar refractivity (Wildman–Crippen MR) is 139 cm³/mol. The molecule has 1 N–H and O–H groups in total. The number of nitro benzene ring substituents is 1. The number of nitrogens with one attached hydrogen (secondary N) is 1. The Balaban J connectivity index is 2.19. The van der Waals surface area contributed by atoms with Crippen LogP contribution in [0.5, 0.6) is 11.6 Å². The second-order valence-electron chi connectivity index (χ2n) is 8.67. The van der Waals surface area contributed by atoms with Crippen LogP contribution in [0.1, 0.15) is 49.7 Å². The first-order chi connectivity index (χ1) is 17.5. The van der Waals surface area contributed by atoms with E-state index in [1.807, 2.05) is 19.9 Å². The SMILES string of the molecule is CCCN(C)C(=O)c1nn(-c2ccccc2)c(Oc2ccc([N+](=O)[O-])cc2S(=O)(=O)N[C@@H](C)CC)c1C. The van der Waals surface area contributed by atoms with Gasteiger partial charge in [0.25, 0.3) is 11.6 Å². The van der Waals surface area contributed by atoms with Crippen molar-refractivity contribution in [3.8, 4) is 17.3 Å². The van der Waals surface area contributed by atoms with Gasteiger partial charge in [-0.1, -0.05) is 32.0 Å². The predicted octanol–water partition coefficient (Wildman–Crippen LogP) is 4.44. The van der Waals surface area contributed by atoms with Crippen molar-refractivity contribution in [3.05, 3.63) is 69.9 Å². The number of amides is 1. The molecule has 0 aliphatic heterocycles. The van der Waals surface area contributed by atoms with Gasteiger partial charge in [-0.2, -0.15) is 9.78 Å². The number of para-hydroxylation sites is 1. The van der Waals surface area contributed by atoms with Gasteiger partial charge in [0.2, 0.25) is 15.9 Å². The highest BCUT2D eigenvalue weighted by Gasteiger charge is 2.29. The maximum atomic E-state index is 13.2. The first-order valence-corrected chi connectivity index (χ1v) is 13.4. The lowest BCUT2D eigenvalue weighted by Gasteiger charge is -2.16. The Morgan fingerprint density at radius 1 is 1.22 bits per heavy atom. The Hall–Kier alpha value is -3.77. The fourth-order valence-electron chi connectivity index (χ4n) is 3.59. The van der Waals surface area contributed by atoms with Crippen LogP contribution in [-0.2, 0) is 10.0 Å². The molecule has 3 rings (SSSR count). The third-order valence-electron chi connectivity index (χ3n) is 5.78. The van der Waals surface area contributed by atoms with E-state index >= 15 is 0 Å². The first kappa shape index (κ1) is 27.8. The zero-order chi connectivity index (χ0) is 27.3. The molecule has 0 aliphatic rings. The van der Waals surface area contributed by atoms with Crippen molar-refractivity contribution in [2.45, 2.75) is 51.5 Å². The molecule has 0 unspecified atom stereocenters. The number of nitrogens with zero attached hydrogens (tertiary/aromatic N) is 4. The Morgan fingerprint density at radius 3 is 2.49 bits per heavy atom. The normalized spacial score (nSPS) is 12.2. The average Bonchev–Trinajstić information content (AvgIpc) is 3.19. The number of hydrogen-bond acceptors (Lipinski definition) is 7. The van der Waals surface area contributed by atoms with Crippen LogP contribution in [0.2, 0.25) is 0 Å². The fourth-order valence-corrected chi connectivity index (χ4v) is 5.06. The van der Waals surface area contributed by atoms with Gasteiger partial charge in [0, 0.05) is 37.3 Å². The van der Waals surface area contributed by atoms with Gasteiger partial charge in [0.05, 0.1) is 10.6 Å². The van der Waals surface area contributed by atoms with E-state index in [1.54, 1.807) is 50.1 Å². The number of non-ortho nitro benzene ring substituents is 1. The van der Waals surface area contributed by atoms with Crippen LogP contribution in [0.15, 0.2) is 53.4 Å². The Morgan fingerprint density at radius 2 is 1.89 bits per heavy atom. The molecule has 3 aromatic rings. The summed E-state index contributed by atoms with van der Waals surface area (Å²) in [6, 6.07) is 11.9. The highest BCUT2D eigenvalue weighted by molar-refractivity contribution is 7.89. The first-order valence-electron chi connectivity index (χ1n) is 11.9. The van der Waals surface area contributed by atoms with Crippen LogP contribution in [0.4, 0.5) is 5.69 Å². The quantitative estimate of drug-likeness (QED) is 0.286. The smallest absolute Gasteiger partial charge is 0.274 e. The summed E-state index contributed by atoms with van der Waals surface area (Å²) >= 11 is 0. The van der Waals surface area contributed by atoms with E-state index in [0.29, 0.717) is 24.2 Å². The molecule has 1 amide bonds. The molecule has 0 radical (unpaired) electrons. The van der Waals surface area contributed by atoms with E-state index < -0.39 is 31.6 Å². The molecule has 12 heteroatoms. The van der Waals surface area contributed by atoms with Crippen molar-refractivity contribution in [2.24, 2.45) is 0 Å². The van der Waals surface area contributed by atoms with Gasteiger partial charge < -0.3 is 9.64 Å². The van der Waals surface area contributed by atoms with Gasteiger partial charge in [-0.05, 0) is 44.9 Å². The lowest BCUT2D eigenvalue weighted by atomic mass is 10.2. The second-order valence-corrected chi connectivity index (χ2v) is 10.4. The van der Waals surface area contributed by atoms with E-state index in [1.165, 1.54) is 10.7 Å². The minimum absolute atomic E-state index is 0.119. The van der Waals surface area contributed by atoms with Crippen LogP contribution < -0.4 is 9.46 Å². The molecule has 1 heterocycles. The number of benzene rings is 2. The van der Waals surface area contributed by atoms with Gasteiger partial charge in [-0.15, -0.1) is 0 Å². The number of sulfonamides is 1. The molecule has 37 heavy (non-hydrogen) atoms. The molecular formula is C25H31N5O6S. The number of hydrogen-bond donors (Lipinski definition) is 1. The summed E-state index contributed by atoms with van der Waals surface area (Å²) in [4.78, 5) is 25.0. The maximum Gasteiger partial charge on any atom is 0.274 e. The summed E-state index contributed by atoms with van der Waals surface area (Å²) in [6.07, 6.45) is 1.28. The standard InChI is InChI=1S/C25H31N5O6S/c1-6-15-28(5)24(31)23-18(4)25(29(26-23)19-11-9-8-10-12-19)36-21-14-13-20(30(32)33)16-22(21)37(34,35)27-17(3)7-2/h8-14,16-17,27H,6-7,15H2,1-5H3/t17-/m0/s1. The van der Waals surface area contributed by atoms with Gasteiger partial charge in [-0.3, -0.25) is 14.9 Å². The molecule has 1 atom stereocenters. The van der Waals surface area contributed by atoms with Crippen LogP contribution in [-0.4, -0.2) is 53.6 Å². The third kappa shape index (κ3) is 6.15. The molecule has 198 valence electrons. The summed E-state index contributed by atoms with van der Waals surface area (Å²) in [5.74, 6) is -0.329. The van der Waals surface area contributed by atoms with Crippen LogP contribution in [0.3, 0.4) is 0 Å². The molecule has 11 nitrogen and oxygen atoms in total. The molecule has 0 fully saturated rings. The van der Waals surface area contributed by atoms with E-state index in [2.05, 4.69) is 9.82 Å². The number of carbonyl (C=O) groups is 1. The van der Waals surface area contributed by atoms with Gasteiger partial charge in [0.15, 0.2) is 5.69 Å². The summed E-state index contributed by atoms with van der Waals surface area (Å²) in [6.45, 7) is 7.64. The largest absolute Gasteiger partial charge is 0.437 e. The van der Waals surface area contributed by atoms with Crippen LogP contribution in [0.25, 0.3) is 5.69 Å². The maximum absolute atomic E-state index is 13.2. The Kier molecular flexibility index (Phi) is 8.66. The van der Waals surface area contributed by atoms with Gasteiger partial charge >= 0.3 is 0 Å². The zero-order valence-corrected chi connectivity index (χ0v) is 22.3. The van der Waals surface area contributed by atoms with Crippen molar-refractivity contribution in [1.82, 2.24) is 19.4 Å². The molecule has 0 saturated carbocycles. The fraction of sp³-hybridized carbons (Fsp3) is 0.360. The van der Waals surface area contributed by atoms with Gasteiger partial charge in [-0.25, -0.2) is 13.1 Å². The summed E-state index contributed by atoms with van der Waals surface area (Å²) < 4.78 is 36.5. The Labute approximate surface area is 216 Å². The Bertz CT molecular complexity index is 1390. The van der Waals surface area contributed by atoms with Crippen LogP contribution in [0, 0.1) is 17.0 Å². The molecule has 0 spiro atoms. The van der Waals surface area contributed by atoms with E-state index in [0.717, 1.165) is 18.6 Å². The molecular weight excluding hydrogens is 498 g/mol. The van der Waals surface area contributed by atoms with E-state index in [4.69, 9.17) is 4.74 Å². The monoisotopic (exact) mass is 529 g/mol. The second kappa shape index (κ2) is 11.5. The van der Waals surface area contributed by atoms with Crippen molar-refractivity contribution >= 4 is 21.6 Å². The summed E-state index contributed by atoms with van der Waals surface area (Å²) in [5, 5.41) is 15.9. The van der Waals surface area contributed by atoms with Crippen molar-refractivity contribution in [1.29, 1.82) is 0 Å². The van der Waals surface area contributed by atoms with Gasteiger partial charge in [0.1, 0.15) is 10.6 Å². The van der Waals surface area contributed by atoms with E-state index in [-0.39, 0.29) is 23.2 Å². The minimum Gasteiger partial charge on any atom is -0.437 e. The number of aromatic nitrogens is 2. The number of nitro groups is 1. The molecule has 0 aliphatic carbocycles. The molecule has 0 bridgehead atoms. The average molecular weight is 530 g/mol. The third-order valence-corrected chi connectivity index (χ3v) is 7.39. The highest BCUT2D eigenvalue weighted by Crippen LogP contribution is 2.36. The highest BCUT2D eigenvalue weighted by atomic mass is 32.2. The molecule has 2 aromatic carbocycles. The summed E-state index contributed by atoms with van der Waals surface area (Å²) in [5.41, 5.74) is 0.733. The van der Waals surface area contributed by atoms with E-state index in [9.17, 15) is 23.3 Å². The topological polar surface area (TPSA) is 137 Å². The zero-order valence-electron chi connectivity index (χ0n) is 21.5. The summed E-state index contributed by atoms with van der Waals surface area (Å²) in [7, 11) is -2.51. The minimum atomic E-state index is -4.18. The van der Waals surface area contributed by atoms with Crippen molar-refractivity contribution in [2.75, 3.05) is 13.6 Å². The lowest BCUT2D eigenvalue weighted by Crippen LogP contribution is -2.32. The lowest BCUT2D eigenvalue weighted by molar-refractivity contribution is -0.385. The van der Waals surface area contributed by atoms with Crippen LogP contribution >= 0.6 is 0 Å². The molecule has 0 saturated heterocycles. The molecule has 1 aromatic heterocycles. The van der Waals surface area contributed by atoms with Crippen molar-refractivity contribution < 1.29 is 22.9 Å². The number of carbonyl (C=O) groups excluding carboxylic acids is 1. The number of ether oxygens (including phenoxy) is 1. The number of rotatable bonds is 11. The van der Waals surface area contributed by atoms with Crippen molar-refractivity contribution in [3.63, 3.8) is 0 Å².